The lowest BCUT2D eigenvalue weighted by Crippen LogP contribution is -2.69. The summed E-state index contributed by atoms with van der Waals surface area (Å²) in [6, 6.07) is 6.73. The molecule has 7 heteroatoms. The van der Waals surface area contributed by atoms with E-state index in [1.165, 1.54) is 0 Å². The van der Waals surface area contributed by atoms with Crippen LogP contribution in [0.15, 0.2) is 24.3 Å². The zero-order chi connectivity index (χ0) is 20.2. The highest BCUT2D eigenvalue weighted by Crippen LogP contribution is 2.59. The second kappa shape index (κ2) is 7.03. The third-order valence-electron chi connectivity index (χ3n) is 7.26. The summed E-state index contributed by atoms with van der Waals surface area (Å²) in [4.78, 5) is 22.9. The van der Waals surface area contributed by atoms with Gasteiger partial charge in [0.2, 0.25) is 5.79 Å². The van der Waals surface area contributed by atoms with Crippen molar-refractivity contribution in [3.63, 3.8) is 0 Å². The van der Waals surface area contributed by atoms with Gasteiger partial charge in [0, 0.05) is 18.3 Å². The second-order valence-corrected chi connectivity index (χ2v) is 9.05. The van der Waals surface area contributed by atoms with E-state index >= 15 is 0 Å². The number of ether oxygens (including phenoxy) is 3. The van der Waals surface area contributed by atoms with Gasteiger partial charge in [-0.1, -0.05) is 25.5 Å². The van der Waals surface area contributed by atoms with Crippen molar-refractivity contribution in [3.05, 3.63) is 35.4 Å². The van der Waals surface area contributed by atoms with Crippen LogP contribution in [0.1, 0.15) is 61.9 Å². The number of carbonyl (C=O) groups is 1. The normalized spacial score (nSPS) is 43.4. The fourth-order valence-corrected chi connectivity index (χ4v) is 5.64. The van der Waals surface area contributed by atoms with E-state index in [9.17, 15) is 4.79 Å². The topological polar surface area (TPSA) is 83.5 Å². The lowest BCUT2D eigenvalue weighted by Gasteiger charge is -2.59. The van der Waals surface area contributed by atoms with Crippen molar-refractivity contribution >= 4 is 5.97 Å². The molecule has 1 spiro atoms. The van der Waals surface area contributed by atoms with E-state index in [-0.39, 0.29) is 17.4 Å². The predicted molar refractivity (Wildman–Crippen MR) is 100 cm³/mol. The van der Waals surface area contributed by atoms with Gasteiger partial charge in [-0.05, 0) is 49.8 Å². The van der Waals surface area contributed by atoms with Crippen molar-refractivity contribution in [1.82, 2.24) is 0 Å². The zero-order valence-corrected chi connectivity index (χ0v) is 16.8. The van der Waals surface area contributed by atoms with Crippen LogP contribution < -0.4 is 0 Å². The lowest BCUT2D eigenvalue weighted by atomic mass is 9.61. The fourth-order valence-electron chi connectivity index (χ4n) is 5.64. The minimum absolute atomic E-state index is 0.127. The summed E-state index contributed by atoms with van der Waals surface area (Å²) in [5.74, 6) is -0.989. The van der Waals surface area contributed by atoms with Crippen molar-refractivity contribution in [2.75, 3.05) is 0 Å². The first-order valence-corrected chi connectivity index (χ1v) is 10.6. The Morgan fingerprint density at radius 3 is 2.76 bits per heavy atom. The fraction of sp³-hybridized carbons (Fsp3) is 0.682. The van der Waals surface area contributed by atoms with Crippen LogP contribution in [0.4, 0.5) is 0 Å². The van der Waals surface area contributed by atoms with E-state index in [1.807, 2.05) is 6.92 Å². The van der Waals surface area contributed by atoms with Crippen LogP contribution in [-0.4, -0.2) is 35.0 Å². The van der Waals surface area contributed by atoms with Crippen LogP contribution in [0.25, 0.3) is 0 Å². The van der Waals surface area contributed by atoms with E-state index < -0.39 is 29.9 Å². The molecule has 7 atom stereocenters. The number of rotatable bonds is 4. The Kier molecular flexibility index (Phi) is 4.71. The molecule has 1 saturated carbocycles. The van der Waals surface area contributed by atoms with Crippen LogP contribution in [0, 0.1) is 17.8 Å². The van der Waals surface area contributed by atoms with Crippen LogP contribution in [0.3, 0.4) is 0 Å². The third-order valence-corrected chi connectivity index (χ3v) is 7.26. The van der Waals surface area contributed by atoms with Gasteiger partial charge in [0.05, 0.1) is 12.2 Å². The Balaban J connectivity index is 1.35. The zero-order valence-electron chi connectivity index (χ0n) is 16.8. The Hall–Kier alpha value is -1.51. The molecule has 5 aliphatic rings. The van der Waals surface area contributed by atoms with E-state index in [0.717, 1.165) is 37.7 Å². The summed E-state index contributed by atoms with van der Waals surface area (Å²) in [6.07, 6.45) is 4.19. The highest BCUT2D eigenvalue weighted by atomic mass is 17.3. The lowest BCUT2D eigenvalue weighted by molar-refractivity contribution is -0.576. The molecule has 4 heterocycles. The quantitative estimate of drug-likeness (QED) is 0.763. The van der Waals surface area contributed by atoms with E-state index in [0.29, 0.717) is 12.5 Å². The maximum atomic E-state index is 11.0. The molecule has 0 radical (unpaired) electrons. The summed E-state index contributed by atoms with van der Waals surface area (Å²) in [5.41, 5.74) is 0.610. The Bertz CT molecular complexity index is 780. The van der Waals surface area contributed by atoms with Gasteiger partial charge in [0.15, 0.2) is 18.2 Å². The Labute approximate surface area is 170 Å². The average Bonchev–Trinajstić information content (AvgIpc) is 2.94. The molecular formula is C22H28O7. The molecule has 6 rings (SSSR count). The van der Waals surface area contributed by atoms with Crippen molar-refractivity contribution < 1.29 is 33.9 Å². The highest BCUT2D eigenvalue weighted by molar-refractivity contribution is 5.87. The SMILES string of the molecule is C[C@@H]1C2CCCC3CC[C@]4(C)OO[C@]32[C@H](O[C@@H]1OCc1ccc(C(=O)O)cc1)O4. The van der Waals surface area contributed by atoms with Gasteiger partial charge >= 0.3 is 5.97 Å². The van der Waals surface area contributed by atoms with Gasteiger partial charge < -0.3 is 19.3 Å². The van der Waals surface area contributed by atoms with Crippen molar-refractivity contribution in [1.29, 1.82) is 0 Å². The molecule has 4 saturated heterocycles. The maximum Gasteiger partial charge on any atom is 0.335 e. The molecule has 0 aromatic heterocycles. The van der Waals surface area contributed by atoms with Crippen LogP contribution in [0.2, 0.25) is 0 Å². The van der Waals surface area contributed by atoms with Gasteiger partial charge in [0.1, 0.15) is 0 Å². The number of carboxylic acid groups (broad SMARTS) is 1. The Morgan fingerprint density at radius 2 is 2.00 bits per heavy atom. The molecule has 2 bridgehead atoms. The number of hydrogen-bond donors (Lipinski definition) is 1. The monoisotopic (exact) mass is 404 g/mol. The van der Waals surface area contributed by atoms with E-state index in [1.54, 1.807) is 24.3 Å². The largest absolute Gasteiger partial charge is 0.478 e. The summed E-state index contributed by atoms with van der Waals surface area (Å²) in [5, 5.41) is 9.05. The van der Waals surface area contributed by atoms with Crippen LogP contribution in [-0.2, 0) is 30.6 Å². The molecule has 29 heavy (non-hydrogen) atoms. The van der Waals surface area contributed by atoms with Gasteiger partial charge in [-0.15, -0.1) is 0 Å². The minimum atomic E-state index is -0.935. The molecule has 1 N–H and O–H groups in total. The smallest absolute Gasteiger partial charge is 0.335 e. The maximum absolute atomic E-state index is 11.0. The third kappa shape index (κ3) is 3.11. The van der Waals surface area contributed by atoms with Gasteiger partial charge in [-0.3, -0.25) is 0 Å². The predicted octanol–water partition coefficient (Wildman–Crippen LogP) is 3.86. The van der Waals surface area contributed by atoms with Gasteiger partial charge in [-0.25, -0.2) is 14.6 Å². The van der Waals surface area contributed by atoms with E-state index in [4.69, 9.17) is 29.1 Å². The minimum Gasteiger partial charge on any atom is -0.478 e. The molecule has 4 aliphatic heterocycles. The summed E-state index contributed by atoms with van der Waals surface area (Å²) >= 11 is 0. The first-order valence-electron chi connectivity index (χ1n) is 10.6. The van der Waals surface area contributed by atoms with E-state index in [2.05, 4.69) is 6.92 Å². The van der Waals surface area contributed by atoms with Crippen molar-refractivity contribution in [2.24, 2.45) is 17.8 Å². The van der Waals surface area contributed by atoms with Gasteiger partial charge in [-0.2, -0.15) is 0 Å². The summed E-state index contributed by atoms with van der Waals surface area (Å²) in [7, 11) is 0. The number of aromatic carboxylic acids is 1. The summed E-state index contributed by atoms with van der Waals surface area (Å²) in [6.45, 7) is 4.41. The molecule has 2 unspecified atom stereocenters. The number of hydrogen-bond acceptors (Lipinski definition) is 6. The number of fused-ring (bicyclic) bond motifs is 2. The standard InChI is InChI=1S/C22H28O7/c1-13-17-5-3-4-16-10-11-21(2)27-20(22(16,17)29-28-21)26-19(13)25-12-14-6-8-15(9-7-14)18(23)24/h6-9,13,16-17,19-20H,3-5,10-12H2,1-2H3,(H,23,24)/t13-,16?,17?,19+,20-,21+,22-/m1/s1. The Morgan fingerprint density at radius 1 is 1.21 bits per heavy atom. The van der Waals surface area contributed by atoms with Crippen LogP contribution in [0.5, 0.6) is 0 Å². The van der Waals surface area contributed by atoms with Crippen LogP contribution >= 0.6 is 0 Å². The van der Waals surface area contributed by atoms with Crippen molar-refractivity contribution in [3.8, 4) is 0 Å². The number of carboxylic acids is 1. The summed E-state index contributed by atoms with van der Waals surface area (Å²) < 4.78 is 18.8. The highest BCUT2D eigenvalue weighted by Gasteiger charge is 2.68. The molecule has 158 valence electrons. The number of benzene rings is 1. The molecular weight excluding hydrogens is 376 g/mol. The first-order chi connectivity index (χ1) is 13.9. The molecule has 1 aromatic rings. The van der Waals surface area contributed by atoms with Crippen molar-refractivity contribution in [2.45, 2.75) is 76.5 Å². The second-order valence-electron chi connectivity index (χ2n) is 9.05. The van der Waals surface area contributed by atoms with Gasteiger partial charge in [0.25, 0.3) is 0 Å². The average molecular weight is 404 g/mol. The molecule has 1 aliphatic carbocycles. The molecule has 7 nitrogen and oxygen atoms in total. The molecule has 0 amide bonds. The molecule has 1 aromatic carbocycles. The molecule has 5 fully saturated rings. The first kappa shape index (κ1) is 19.5.